The van der Waals surface area contributed by atoms with Crippen LogP contribution in [0.5, 0.6) is 0 Å². The number of carbonyl (C=O) groups excluding carboxylic acids is 3. The van der Waals surface area contributed by atoms with Crippen LogP contribution in [0.4, 0.5) is 0 Å². The van der Waals surface area contributed by atoms with Gasteiger partial charge in [0.15, 0.2) is 17.3 Å². The highest BCUT2D eigenvalue weighted by molar-refractivity contribution is 6.31. The molecule has 3 atom stereocenters. The zero-order chi connectivity index (χ0) is 23.9. The van der Waals surface area contributed by atoms with Crippen molar-refractivity contribution in [3.8, 4) is 0 Å². The van der Waals surface area contributed by atoms with Crippen molar-refractivity contribution in [2.45, 2.75) is 60.3 Å². The van der Waals surface area contributed by atoms with Gasteiger partial charge in [-0.25, -0.2) is 0 Å². The first-order valence-corrected chi connectivity index (χ1v) is 11.3. The summed E-state index contributed by atoms with van der Waals surface area (Å²) in [6.45, 7) is 13.1. The van der Waals surface area contributed by atoms with Crippen molar-refractivity contribution in [3.63, 3.8) is 0 Å². The largest absolute Gasteiger partial charge is 0.510 e. The van der Waals surface area contributed by atoms with Crippen LogP contribution in [0, 0.1) is 22.2 Å². The lowest BCUT2D eigenvalue weighted by Gasteiger charge is -2.60. The fraction of sp³-hybridized carbons (Fsp3) is 0.464. The molecular weight excluding hydrogens is 400 g/mol. The molecule has 1 aromatic carbocycles. The molecule has 0 radical (unpaired) electrons. The summed E-state index contributed by atoms with van der Waals surface area (Å²) in [5.41, 5.74) is -1.63. The summed E-state index contributed by atoms with van der Waals surface area (Å²) in [5, 5.41) is 11.4. The second-order valence-electron chi connectivity index (χ2n) is 10.2. The molecule has 0 aliphatic heterocycles. The van der Waals surface area contributed by atoms with Gasteiger partial charge in [0.1, 0.15) is 11.2 Å². The molecule has 0 amide bonds. The van der Waals surface area contributed by atoms with Gasteiger partial charge in [-0.1, -0.05) is 61.9 Å². The number of Topliss-reactive ketones (excluding diaryl/α,β-unsaturated/α-hetero) is 3. The average molecular weight is 435 g/mol. The maximum atomic E-state index is 14.3. The van der Waals surface area contributed by atoms with E-state index in [0.29, 0.717) is 12.8 Å². The van der Waals surface area contributed by atoms with Gasteiger partial charge in [0.25, 0.3) is 0 Å². The molecule has 0 unspecified atom stereocenters. The van der Waals surface area contributed by atoms with E-state index in [4.69, 9.17) is 0 Å². The number of allylic oxidation sites excluding steroid dienone is 5. The van der Waals surface area contributed by atoms with Crippen molar-refractivity contribution in [2.24, 2.45) is 22.2 Å². The van der Waals surface area contributed by atoms with Crippen LogP contribution >= 0.6 is 0 Å². The lowest BCUT2D eigenvalue weighted by molar-refractivity contribution is -0.171. The van der Waals surface area contributed by atoms with Crippen molar-refractivity contribution in [1.82, 2.24) is 0 Å². The number of ketones is 3. The van der Waals surface area contributed by atoms with Gasteiger partial charge in [0.05, 0.1) is 11.0 Å². The highest BCUT2D eigenvalue weighted by Gasteiger charge is 2.72. The second-order valence-corrected chi connectivity index (χ2v) is 10.2. The van der Waals surface area contributed by atoms with E-state index in [9.17, 15) is 19.5 Å². The molecule has 170 valence electrons. The van der Waals surface area contributed by atoms with Crippen LogP contribution in [0.25, 0.3) is 0 Å². The third kappa shape index (κ3) is 3.32. The van der Waals surface area contributed by atoms with Crippen LogP contribution in [0.15, 0.2) is 66.0 Å². The minimum atomic E-state index is -1.44. The van der Waals surface area contributed by atoms with E-state index < -0.39 is 27.8 Å². The van der Waals surface area contributed by atoms with Crippen LogP contribution in [0.2, 0.25) is 0 Å². The molecule has 0 saturated heterocycles. The molecule has 2 aliphatic carbocycles. The van der Waals surface area contributed by atoms with Gasteiger partial charge < -0.3 is 5.11 Å². The Bertz CT molecular complexity index is 1020. The molecule has 0 spiro atoms. The van der Waals surface area contributed by atoms with Gasteiger partial charge in [0, 0.05) is 0 Å². The van der Waals surface area contributed by atoms with Crippen molar-refractivity contribution in [3.05, 3.63) is 71.5 Å². The third-order valence-corrected chi connectivity index (χ3v) is 7.80. The van der Waals surface area contributed by atoms with Crippen LogP contribution in [-0.4, -0.2) is 22.5 Å². The molecular formula is C28H34O4. The van der Waals surface area contributed by atoms with Crippen LogP contribution < -0.4 is 0 Å². The van der Waals surface area contributed by atoms with Gasteiger partial charge in [-0.2, -0.15) is 0 Å². The SMILES string of the molecule is C=CC[C@@]12C(=O)C(C(C)=O)=C(O)[C@@](Cc3ccccc3)(C[C@@H](CC=C(C)C)C1(C)C)C2=O. The summed E-state index contributed by atoms with van der Waals surface area (Å²) >= 11 is 0. The topological polar surface area (TPSA) is 71.4 Å². The zero-order valence-corrected chi connectivity index (χ0v) is 19.8. The van der Waals surface area contributed by atoms with Gasteiger partial charge in [0.2, 0.25) is 0 Å². The lowest BCUT2D eigenvalue weighted by Crippen LogP contribution is -2.67. The Labute approximate surface area is 191 Å². The van der Waals surface area contributed by atoms with Crippen LogP contribution in [0.3, 0.4) is 0 Å². The summed E-state index contributed by atoms with van der Waals surface area (Å²) < 4.78 is 0. The molecule has 3 rings (SSSR count). The first kappa shape index (κ1) is 23.9. The predicted molar refractivity (Wildman–Crippen MR) is 126 cm³/mol. The number of hydrogen-bond donors (Lipinski definition) is 1. The Morgan fingerprint density at radius 1 is 1.16 bits per heavy atom. The Morgan fingerprint density at radius 2 is 1.78 bits per heavy atom. The van der Waals surface area contributed by atoms with E-state index in [1.54, 1.807) is 6.08 Å². The molecule has 0 heterocycles. The first-order valence-electron chi connectivity index (χ1n) is 11.3. The highest BCUT2D eigenvalue weighted by atomic mass is 16.3. The molecule has 4 nitrogen and oxygen atoms in total. The minimum Gasteiger partial charge on any atom is -0.510 e. The normalized spacial score (nSPS) is 29.0. The van der Waals surface area contributed by atoms with Crippen LogP contribution in [0.1, 0.15) is 59.4 Å². The molecule has 1 fully saturated rings. The smallest absolute Gasteiger partial charge is 0.184 e. The lowest BCUT2D eigenvalue weighted by atomic mass is 9.40. The molecule has 2 aliphatic rings. The van der Waals surface area contributed by atoms with E-state index in [2.05, 4.69) is 12.7 Å². The standard InChI is InChI=1S/C28H34O4/c1-7-15-28-24(31)22(19(4)29)23(30)27(25(28)32,16-20-11-9-8-10-12-20)17-21(26(28,5)6)14-13-18(2)3/h7-13,21,30H,1,14-17H2,2-6H3/t21-,27-,28+/m1/s1. The van der Waals surface area contributed by atoms with E-state index in [-0.39, 0.29) is 35.9 Å². The summed E-state index contributed by atoms with van der Waals surface area (Å²) in [7, 11) is 0. The van der Waals surface area contributed by atoms with Crippen molar-refractivity contribution in [2.75, 3.05) is 0 Å². The van der Waals surface area contributed by atoms with Crippen LogP contribution in [-0.2, 0) is 20.8 Å². The van der Waals surface area contributed by atoms with E-state index in [1.807, 2.05) is 58.0 Å². The number of hydrogen-bond acceptors (Lipinski definition) is 4. The second kappa shape index (κ2) is 8.31. The quantitative estimate of drug-likeness (QED) is 0.338. The van der Waals surface area contributed by atoms with E-state index in [1.165, 1.54) is 6.92 Å². The summed E-state index contributed by atoms with van der Waals surface area (Å²) in [5.74, 6) is -1.72. The maximum Gasteiger partial charge on any atom is 0.184 e. The third-order valence-electron chi connectivity index (χ3n) is 7.80. The number of aliphatic hydroxyl groups is 1. The molecule has 4 heteroatoms. The van der Waals surface area contributed by atoms with E-state index in [0.717, 1.165) is 11.1 Å². The average Bonchev–Trinajstić information content (AvgIpc) is 2.72. The number of benzene rings is 1. The molecule has 1 saturated carbocycles. The Hall–Kier alpha value is -2.75. The summed E-state index contributed by atoms with van der Waals surface area (Å²) in [4.78, 5) is 40.8. The Morgan fingerprint density at radius 3 is 2.31 bits per heavy atom. The monoisotopic (exact) mass is 434 g/mol. The fourth-order valence-corrected chi connectivity index (χ4v) is 5.91. The fourth-order valence-electron chi connectivity index (χ4n) is 5.91. The van der Waals surface area contributed by atoms with E-state index >= 15 is 0 Å². The number of carbonyl (C=O) groups is 3. The van der Waals surface area contributed by atoms with Gasteiger partial charge in [-0.05, 0) is 63.4 Å². The molecule has 1 N–H and O–H groups in total. The predicted octanol–water partition coefficient (Wildman–Crippen LogP) is 5.73. The molecule has 0 aromatic heterocycles. The molecule has 32 heavy (non-hydrogen) atoms. The van der Waals surface area contributed by atoms with Crippen molar-refractivity contribution >= 4 is 17.3 Å². The minimum absolute atomic E-state index is 0.0432. The molecule has 2 bridgehead atoms. The van der Waals surface area contributed by atoms with Crippen molar-refractivity contribution in [1.29, 1.82) is 0 Å². The number of rotatable bonds is 7. The zero-order valence-electron chi connectivity index (χ0n) is 19.8. The Balaban J connectivity index is 2.36. The number of fused-ring (bicyclic) bond motifs is 2. The molecule has 1 aromatic rings. The highest BCUT2D eigenvalue weighted by Crippen LogP contribution is 2.65. The number of aliphatic hydroxyl groups excluding tert-OH is 1. The first-order chi connectivity index (χ1) is 15.0. The summed E-state index contributed by atoms with van der Waals surface area (Å²) in [6.07, 6.45) is 5.20. The van der Waals surface area contributed by atoms with Gasteiger partial charge in [-0.15, -0.1) is 6.58 Å². The summed E-state index contributed by atoms with van der Waals surface area (Å²) in [6, 6.07) is 9.51. The van der Waals surface area contributed by atoms with Crippen molar-refractivity contribution < 1.29 is 19.5 Å². The van der Waals surface area contributed by atoms with Gasteiger partial charge in [-0.3, -0.25) is 14.4 Å². The maximum absolute atomic E-state index is 14.3. The Kier molecular flexibility index (Phi) is 6.21. The van der Waals surface area contributed by atoms with Gasteiger partial charge >= 0.3 is 0 Å².